The van der Waals surface area contributed by atoms with Gasteiger partial charge in [-0.15, -0.1) is 11.3 Å². The second-order valence-electron chi connectivity index (χ2n) is 4.20. The number of thiophene rings is 1. The quantitative estimate of drug-likeness (QED) is 0.749. The summed E-state index contributed by atoms with van der Waals surface area (Å²) >= 11 is 1.05. The number of aliphatic hydroxyl groups is 1. The molecule has 0 fully saturated rings. The lowest BCUT2D eigenvalue weighted by Gasteiger charge is -2.28. The van der Waals surface area contributed by atoms with E-state index >= 15 is 0 Å². The Morgan fingerprint density at radius 2 is 2.12 bits per heavy atom. The highest BCUT2D eigenvalue weighted by molar-refractivity contribution is 7.91. The summed E-state index contributed by atoms with van der Waals surface area (Å²) in [6, 6.07) is 1.39. The van der Waals surface area contributed by atoms with Crippen molar-refractivity contribution in [2.75, 3.05) is 5.73 Å². The number of nitrogens with two attached hydrogens (primary N) is 1. The lowest BCUT2D eigenvalue weighted by atomic mass is 10.0. The third-order valence-electron chi connectivity index (χ3n) is 2.30. The molecule has 16 heavy (non-hydrogen) atoms. The number of rotatable bonds is 4. The molecule has 1 rings (SSSR count). The van der Waals surface area contributed by atoms with Crippen molar-refractivity contribution < 1.29 is 13.5 Å². The highest BCUT2D eigenvalue weighted by atomic mass is 32.2. The van der Waals surface area contributed by atoms with Gasteiger partial charge in [0, 0.05) is 11.1 Å². The summed E-state index contributed by atoms with van der Waals surface area (Å²) in [6.07, 6.45) is -0.792. The van der Waals surface area contributed by atoms with Crippen LogP contribution in [0.5, 0.6) is 0 Å². The van der Waals surface area contributed by atoms with E-state index in [4.69, 9.17) is 5.73 Å². The largest absolute Gasteiger partial charge is 0.398 e. The fourth-order valence-corrected chi connectivity index (χ4v) is 3.51. The third-order valence-corrected chi connectivity index (χ3v) is 5.43. The summed E-state index contributed by atoms with van der Waals surface area (Å²) in [6.45, 7) is 4.77. The van der Waals surface area contributed by atoms with Crippen molar-refractivity contribution >= 4 is 27.0 Å². The molecule has 1 heterocycles. The Balaban J connectivity index is 2.97. The molecule has 1 aromatic heterocycles. The lowest BCUT2D eigenvalue weighted by Crippen LogP contribution is -2.50. The second kappa shape index (κ2) is 4.33. The molecule has 0 radical (unpaired) electrons. The Kier molecular flexibility index (Phi) is 3.63. The number of sulfonamides is 1. The summed E-state index contributed by atoms with van der Waals surface area (Å²) in [7, 11) is -3.61. The first kappa shape index (κ1) is 13.4. The molecule has 0 aromatic carbocycles. The first-order valence-electron chi connectivity index (χ1n) is 4.71. The molecule has 0 aliphatic carbocycles. The highest BCUT2D eigenvalue weighted by Crippen LogP contribution is 2.23. The van der Waals surface area contributed by atoms with Gasteiger partial charge in [0.05, 0.1) is 11.6 Å². The summed E-state index contributed by atoms with van der Waals surface area (Å²) in [4.78, 5) is 0. The maximum atomic E-state index is 11.9. The maximum Gasteiger partial charge on any atom is 0.250 e. The van der Waals surface area contributed by atoms with Crippen molar-refractivity contribution in [3.05, 3.63) is 11.4 Å². The van der Waals surface area contributed by atoms with Crippen molar-refractivity contribution in [3.63, 3.8) is 0 Å². The molecule has 0 aliphatic heterocycles. The van der Waals surface area contributed by atoms with Crippen LogP contribution in [0, 0.1) is 0 Å². The van der Waals surface area contributed by atoms with Crippen LogP contribution in [0.2, 0.25) is 0 Å². The Morgan fingerprint density at radius 1 is 1.56 bits per heavy atom. The van der Waals surface area contributed by atoms with Crippen molar-refractivity contribution in [2.24, 2.45) is 0 Å². The van der Waals surface area contributed by atoms with E-state index in [0.29, 0.717) is 5.69 Å². The molecule has 92 valence electrons. The van der Waals surface area contributed by atoms with Crippen molar-refractivity contribution in [1.82, 2.24) is 4.72 Å². The average molecular weight is 264 g/mol. The van der Waals surface area contributed by atoms with Crippen LogP contribution in [0.3, 0.4) is 0 Å². The van der Waals surface area contributed by atoms with Gasteiger partial charge >= 0.3 is 0 Å². The molecule has 0 amide bonds. The predicted molar refractivity (Wildman–Crippen MR) is 64.8 cm³/mol. The summed E-state index contributed by atoms with van der Waals surface area (Å²) in [5, 5.41) is 11.0. The van der Waals surface area contributed by atoms with Gasteiger partial charge in [0.15, 0.2) is 0 Å². The Morgan fingerprint density at radius 3 is 2.50 bits per heavy atom. The van der Waals surface area contributed by atoms with E-state index in [0.717, 1.165) is 11.3 Å². The molecule has 1 unspecified atom stereocenters. The van der Waals surface area contributed by atoms with Gasteiger partial charge in [-0.2, -0.15) is 0 Å². The Hall–Kier alpha value is -0.630. The zero-order valence-electron chi connectivity index (χ0n) is 9.39. The fourth-order valence-electron chi connectivity index (χ4n) is 0.953. The fraction of sp³-hybridized carbons (Fsp3) is 0.556. The van der Waals surface area contributed by atoms with E-state index < -0.39 is 21.7 Å². The lowest BCUT2D eigenvalue weighted by molar-refractivity contribution is 0.112. The van der Waals surface area contributed by atoms with E-state index in [1.165, 1.54) is 13.0 Å². The van der Waals surface area contributed by atoms with Gasteiger partial charge in [-0.3, -0.25) is 0 Å². The maximum absolute atomic E-state index is 11.9. The zero-order valence-corrected chi connectivity index (χ0v) is 11.0. The molecule has 5 nitrogen and oxygen atoms in total. The van der Waals surface area contributed by atoms with Gasteiger partial charge in [0.2, 0.25) is 0 Å². The van der Waals surface area contributed by atoms with Crippen molar-refractivity contribution in [3.8, 4) is 0 Å². The van der Waals surface area contributed by atoms with Crippen LogP contribution in [0.25, 0.3) is 0 Å². The van der Waals surface area contributed by atoms with Crippen LogP contribution in [0.15, 0.2) is 15.7 Å². The minimum atomic E-state index is -3.61. The van der Waals surface area contributed by atoms with E-state index in [2.05, 4.69) is 4.72 Å². The number of hydrogen-bond acceptors (Lipinski definition) is 5. The monoisotopic (exact) mass is 264 g/mol. The van der Waals surface area contributed by atoms with Crippen LogP contribution in [0.1, 0.15) is 20.8 Å². The average Bonchev–Trinajstić information content (AvgIpc) is 2.50. The minimum absolute atomic E-state index is 0.152. The summed E-state index contributed by atoms with van der Waals surface area (Å²) in [5.74, 6) is 0. The molecule has 0 saturated heterocycles. The summed E-state index contributed by atoms with van der Waals surface area (Å²) < 4.78 is 26.4. The number of aliphatic hydroxyl groups excluding tert-OH is 1. The molecular formula is C9H16N2O3S2. The Bertz CT molecular complexity index is 463. The van der Waals surface area contributed by atoms with Crippen LogP contribution in [-0.4, -0.2) is 25.2 Å². The molecule has 0 spiro atoms. The molecule has 7 heteroatoms. The smallest absolute Gasteiger partial charge is 0.250 e. The zero-order chi connectivity index (χ0) is 12.6. The SMILES string of the molecule is CC(O)C(C)(C)NS(=O)(=O)c1cc(N)cs1. The first-order valence-corrected chi connectivity index (χ1v) is 7.07. The van der Waals surface area contributed by atoms with Gasteiger partial charge in [-0.25, -0.2) is 13.1 Å². The van der Waals surface area contributed by atoms with Gasteiger partial charge in [-0.1, -0.05) is 0 Å². The van der Waals surface area contributed by atoms with Gasteiger partial charge in [0.25, 0.3) is 10.0 Å². The molecule has 4 N–H and O–H groups in total. The molecule has 1 atom stereocenters. The van der Waals surface area contributed by atoms with Gasteiger partial charge in [-0.05, 0) is 26.8 Å². The predicted octanol–water partition coefficient (Wildman–Crippen LogP) is 0.768. The minimum Gasteiger partial charge on any atom is -0.398 e. The number of nitrogens with one attached hydrogen (secondary N) is 1. The van der Waals surface area contributed by atoms with E-state index in [1.807, 2.05) is 0 Å². The van der Waals surface area contributed by atoms with Crippen LogP contribution in [0.4, 0.5) is 5.69 Å². The van der Waals surface area contributed by atoms with E-state index in [-0.39, 0.29) is 4.21 Å². The van der Waals surface area contributed by atoms with Gasteiger partial charge < -0.3 is 10.8 Å². The number of hydrogen-bond donors (Lipinski definition) is 3. The molecular weight excluding hydrogens is 248 g/mol. The molecule has 0 bridgehead atoms. The van der Waals surface area contributed by atoms with Gasteiger partial charge in [0.1, 0.15) is 4.21 Å². The van der Waals surface area contributed by atoms with Crippen LogP contribution < -0.4 is 10.5 Å². The van der Waals surface area contributed by atoms with Crippen molar-refractivity contribution in [2.45, 2.75) is 36.6 Å². The summed E-state index contributed by atoms with van der Waals surface area (Å²) in [5.41, 5.74) is 4.97. The molecule has 0 saturated carbocycles. The second-order valence-corrected chi connectivity index (χ2v) is 7.02. The Labute approximate surface area is 99.3 Å². The van der Waals surface area contributed by atoms with E-state index in [9.17, 15) is 13.5 Å². The molecule has 0 aliphatic rings. The van der Waals surface area contributed by atoms with E-state index in [1.54, 1.807) is 19.2 Å². The molecule has 1 aromatic rings. The van der Waals surface area contributed by atoms with Crippen molar-refractivity contribution in [1.29, 1.82) is 0 Å². The number of nitrogen functional groups attached to an aromatic ring is 1. The normalized spacial score (nSPS) is 15.0. The number of anilines is 1. The topological polar surface area (TPSA) is 92.4 Å². The first-order chi connectivity index (χ1) is 7.15. The highest BCUT2D eigenvalue weighted by Gasteiger charge is 2.31. The van der Waals surface area contributed by atoms with Crippen LogP contribution >= 0.6 is 11.3 Å². The third kappa shape index (κ3) is 2.94. The standard InChI is InChI=1S/C9H16N2O3S2/c1-6(12)9(2,3)11-16(13,14)8-4-7(10)5-15-8/h4-6,11-12H,10H2,1-3H3. The van der Waals surface area contributed by atoms with Crippen LogP contribution in [-0.2, 0) is 10.0 Å².